The fourth-order valence-electron chi connectivity index (χ4n) is 5.80. The number of nitrogens with zero attached hydrogens (tertiary/aromatic N) is 5. The Morgan fingerprint density at radius 1 is 1.16 bits per heavy atom. The monoisotopic (exact) mass is 502 g/mol. The maximum Gasteiger partial charge on any atom is 0.418 e. The van der Waals surface area contributed by atoms with Crippen LogP contribution in [0.4, 0.5) is 4.79 Å². The van der Waals surface area contributed by atoms with Gasteiger partial charge in [-0.05, 0) is 86.0 Å². The van der Waals surface area contributed by atoms with Gasteiger partial charge in [-0.3, -0.25) is 9.69 Å². The largest absolute Gasteiger partial charge is 0.452 e. The summed E-state index contributed by atoms with van der Waals surface area (Å²) in [5.41, 5.74) is 13.2. The molecule has 2 N–H and O–H groups in total. The maximum absolute atomic E-state index is 13.2. The van der Waals surface area contributed by atoms with Crippen LogP contribution in [0.5, 0.6) is 0 Å². The van der Waals surface area contributed by atoms with Crippen LogP contribution >= 0.6 is 0 Å². The Morgan fingerprint density at radius 3 is 2.54 bits per heavy atom. The molecule has 9 heteroatoms. The number of carbonyl (C=O) groups is 2. The molecule has 0 atom stereocenters. The molecule has 0 unspecified atom stereocenters. The van der Waals surface area contributed by atoms with Crippen LogP contribution in [0.3, 0.4) is 0 Å². The van der Waals surface area contributed by atoms with Gasteiger partial charge in [0.05, 0.1) is 24.9 Å². The summed E-state index contributed by atoms with van der Waals surface area (Å²) in [4.78, 5) is 31.1. The van der Waals surface area contributed by atoms with Gasteiger partial charge in [0.1, 0.15) is 6.33 Å². The second kappa shape index (κ2) is 9.63. The Kier molecular flexibility index (Phi) is 6.49. The molecule has 9 nitrogen and oxygen atoms in total. The minimum atomic E-state index is -0.421. The van der Waals surface area contributed by atoms with Gasteiger partial charge in [0.2, 0.25) is 5.91 Å². The zero-order valence-corrected chi connectivity index (χ0v) is 22.1. The van der Waals surface area contributed by atoms with E-state index >= 15 is 0 Å². The summed E-state index contributed by atoms with van der Waals surface area (Å²) < 4.78 is 8.75. The van der Waals surface area contributed by atoms with Gasteiger partial charge in [0.15, 0.2) is 5.65 Å². The Bertz CT molecular complexity index is 1510. The average Bonchev–Trinajstić information content (AvgIpc) is 3.48. The highest BCUT2D eigenvalue weighted by molar-refractivity contribution is 6.00. The fraction of sp³-hybridized carbons (Fsp3) is 0.429. The van der Waals surface area contributed by atoms with Crippen LogP contribution < -0.4 is 5.73 Å². The SMILES string of the molecule is COC(=O)n1c(-c2cn3ncnc3c(C)c2C)c(C(C)C)c2cc(C3CCN(CC(N)=O)CC3)ccc21. The zero-order chi connectivity index (χ0) is 26.4. The molecule has 0 aliphatic carbocycles. The molecular weight excluding hydrogens is 468 g/mol. The molecular formula is C28H34N6O3. The van der Waals surface area contributed by atoms with E-state index in [9.17, 15) is 9.59 Å². The van der Waals surface area contributed by atoms with E-state index in [1.807, 2.05) is 19.2 Å². The summed E-state index contributed by atoms with van der Waals surface area (Å²) in [6.45, 7) is 10.4. The number of piperidine rings is 1. The maximum atomic E-state index is 13.2. The first-order valence-electron chi connectivity index (χ1n) is 12.8. The van der Waals surface area contributed by atoms with Gasteiger partial charge in [-0.25, -0.2) is 18.9 Å². The summed E-state index contributed by atoms with van der Waals surface area (Å²) >= 11 is 0. The number of carbonyl (C=O) groups excluding carboxylic acids is 2. The van der Waals surface area contributed by atoms with Crippen molar-refractivity contribution in [2.24, 2.45) is 5.73 Å². The van der Waals surface area contributed by atoms with Gasteiger partial charge < -0.3 is 10.5 Å². The molecule has 37 heavy (non-hydrogen) atoms. The Morgan fingerprint density at radius 2 is 1.89 bits per heavy atom. The third-order valence-electron chi connectivity index (χ3n) is 7.78. The molecule has 4 aromatic rings. The number of primary amides is 1. The first kappa shape index (κ1) is 25.0. The van der Waals surface area contributed by atoms with E-state index in [1.165, 1.54) is 12.7 Å². The number of amides is 1. The van der Waals surface area contributed by atoms with Crippen LogP contribution in [0.1, 0.15) is 60.8 Å². The molecule has 0 saturated carbocycles. The molecule has 1 aliphatic heterocycles. The van der Waals surface area contributed by atoms with Gasteiger partial charge >= 0.3 is 6.09 Å². The van der Waals surface area contributed by atoms with Crippen LogP contribution in [-0.4, -0.2) is 62.8 Å². The minimum Gasteiger partial charge on any atom is -0.452 e. The molecule has 1 fully saturated rings. The Labute approximate surface area is 216 Å². The molecule has 1 aromatic carbocycles. The standard InChI is InChI=1S/C28H34N6O3/c1-16(2)25-21-12-20(19-8-10-32(11-9-19)14-24(29)35)6-7-23(21)34(28(36)37-5)26(25)22-13-33-27(30-15-31-33)18(4)17(22)3/h6-7,12-13,15-16,19H,8-11,14H2,1-5H3,(H2,29,35). The number of aryl methyl sites for hydroxylation is 1. The summed E-state index contributed by atoms with van der Waals surface area (Å²) in [7, 11) is 1.42. The number of ether oxygens (including phenoxy) is 1. The highest BCUT2D eigenvalue weighted by Gasteiger charge is 2.29. The average molecular weight is 503 g/mol. The highest BCUT2D eigenvalue weighted by Crippen LogP contribution is 2.42. The minimum absolute atomic E-state index is 0.155. The topological polar surface area (TPSA) is 108 Å². The van der Waals surface area contributed by atoms with Gasteiger partial charge in [-0.15, -0.1) is 0 Å². The van der Waals surface area contributed by atoms with Crippen molar-refractivity contribution >= 4 is 28.6 Å². The smallest absolute Gasteiger partial charge is 0.418 e. The molecule has 3 aromatic heterocycles. The summed E-state index contributed by atoms with van der Waals surface area (Å²) in [5, 5.41) is 5.43. The van der Waals surface area contributed by atoms with E-state index in [0.717, 1.165) is 70.4 Å². The number of rotatable bonds is 5. The second-order valence-electron chi connectivity index (χ2n) is 10.3. The number of nitrogens with two attached hydrogens (primary N) is 1. The summed E-state index contributed by atoms with van der Waals surface area (Å²) in [6, 6.07) is 6.42. The molecule has 1 saturated heterocycles. The van der Waals surface area contributed by atoms with E-state index < -0.39 is 6.09 Å². The number of benzene rings is 1. The summed E-state index contributed by atoms with van der Waals surface area (Å²) in [6.07, 6.45) is 5.00. The third-order valence-corrected chi connectivity index (χ3v) is 7.78. The van der Waals surface area contributed by atoms with Crippen molar-refractivity contribution in [3.05, 3.63) is 53.0 Å². The number of fused-ring (bicyclic) bond motifs is 2. The number of methoxy groups -OCH3 is 1. The Balaban J connectivity index is 1.69. The highest BCUT2D eigenvalue weighted by atomic mass is 16.5. The molecule has 194 valence electrons. The van der Waals surface area contributed by atoms with Crippen molar-refractivity contribution in [2.45, 2.75) is 52.4 Å². The molecule has 4 heterocycles. The molecule has 1 amide bonds. The van der Waals surface area contributed by atoms with Crippen molar-refractivity contribution in [3.8, 4) is 11.3 Å². The van der Waals surface area contributed by atoms with Crippen molar-refractivity contribution in [1.82, 2.24) is 24.1 Å². The van der Waals surface area contributed by atoms with Crippen molar-refractivity contribution in [2.75, 3.05) is 26.7 Å². The lowest BCUT2D eigenvalue weighted by Gasteiger charge is -2.31. The Hall–Kier alpha value is -3.72. The van der Waals surface area contributed by atoms with E-state index in [0.29, 0.717) is 12.5 Å². The molecule has 0 spiro atoms. The van der Waals surface area contributed by atoms with E-state index in [1.54, 1.807) is 15.4 Å². The van der Waals surface area contributed by atoms with Crippen molar-refractivity contribution < 1.29 is 14.3 Å². The van der Waals surface area contributed by atoms with E-state index in [-0.39, 0.29) is 11.8 Å². The quantitative estimate of drug-likeness (QED) is 0.434. The molecule has 5 rings (SSSR count). The van der Waals surface area contributed by atoms with Crippen LogP contribution in [0, 0.1) is 13.8 Å². The fourth-order valence-corrected chi connectivity index (χ4v) is 5.80. The van der Waals surface area contributed by atoms with Gasteiger partial charge in [-0.1, -0.05) is 19.9 Å². The number of hydrogen-bond acceptors (Lipinski definition) is 6. The van der Waals surface area contributed by atoms with Crippen LogP contribution in [-0.2, 0) is 9.53 Å². The third kappa shape index (κ3) is 4.27. The predicted octanol–water partition coefficient (Wildman–Crippen LogP) is 4.37. The van der Waals surface area contributed by atoms with Crippen LogP contribution in [0.2, 0.25) is 0 Å². The van der Waals surface area contributed by atoms with Gasteiger partial charge in [0, 0.05) is 17.1 Å². The number of hydrogen-bond donors (Lipinski definition) is 1. The second-order valence-corrected chi connectivity index (χ2v) is 10.3. The molecule has 0 radical (unpaired) electrons. The van der Waals surface area contributed by atoms with Crippen molar-refractivity contribution in [3.63, 3.8) is 0 Å². The van der Waals surface area contributed by atoms with Crippen LogP contribution in [0.25, 0.3) is 27.8 Å². The number of likely N-dealkylation sites (tertiary alicyclic amines) is 1. The normalized spacial score (nSPS) is 15.2. The number of aromatic nitrogens is 4. The van der Waals surface area contributed by atoms with Gasteiger partial charge in [-0.2, -0.15) is 5.10 Å². The first-order valence-corrected chi connectivity index (χ1v) is 12.8. The molecule has 0 bridgehead atoms. The van der Waals surface area contributed by atoms with Crippen molar-refractivity contribution in [1.29, 1.82) is 0 Å². The first-order chi connectivity index (χ1) is 17.7. The zero-order valence-electron chi connectivity index (χ0n) is 22.1. The van der Waals surface area contributed by atoms with Crippen LogP contribution in [0.15, 0.2) is 30.7 Å². The molecule has 1 aliphatic rings. The lowest BCUT2D eigenvalue weighted by Crippen LogP contribution is -2.39. The van der Waals surface area contributed by atoms with Gasteiger partial charge in [0.25, 0.3) is 0 Å². The summed E-state index contributed by atoms with van der Waals surface area (Å²) in [5.74, 6) is 0.254. The lowest BCUT2D eigenvalue weighted by molar-refractivity contribution is -0.119. The predicted molar refractivity (Wildman–Crippen MR) is 143 cm³/mol. The van der Waals surface area contributed by atoms with E-state index in [2.05, 4.69) is 47.9 Å². The number of pyridine rings is 1. The lowest BCUT2D eigenvalue weighted by atomic mass is 9.87. The van der Waals surface area contributed by atoms with E-state index in [4.69, 9.17) is 10.5 Å².